The van der Waals surface area contributed by atoms with Crippen LogP contribution in [0.2, 0.25) is 0 Å². The van der Waals surface area contributed by atoms with Gasteiger partial charge >= 0.3 is 0 Å². The van der Waals surface area contributed by atoms with E-state index in [-0.39, 0.29) is 11.2 Å². The van der Waals surface area contributed by atoms with Gasteiger partial charge in [-0.05, 0) is 18.2 Å². The molecule has 78 valence electrons. The monoisotopic (exact) mass is 195 g/mol. The molecule has 1 aromatic rings. The Balaban J connectivity index is 3.23. The summed E-state index contributed by atoms with van der Waals surface area (Å²) >= 11 is 0. The third kappa shape index (κ3) is 1.99. The van der Waals surface area contributed by atoms with E-state index in [9.17, 15) is 5.11 Å². The summed E-state index contributed by atoms with van der Waals surface area (Å²) in [6.07, 6.45) is 0. The van der Waals surface area contributed by atoms with Crippen molar-refractivity contribution in [3.63, 3.8) is 0 Å². The first-order valence-electron chi connectivity index (χ1n) is 4.59. The van der Waals surface area contributed by atoms with Crippen molar-refractivity contribution in [2.24, 2.45) is 5.73 Å². The highest BCUT2D eigenvalue weighted by molar-refractivity contribution is 5.44. The van der Waals surface area contributed by atoms with Gasteiger partial charge in [0.05, 0.1) is 7.11 Å². The highest BCUT2D eigenvalue weighted by atomic mass is 16.5. The lowest BCUT2D eigenvalue weighted by molar-refractivity contribution is 0.390. The van der Waals surface area contributed by atoms with Crippen LogP contribution in [-0.2, 0) is 5.41 Å². The molecular weight excluding hydrogens is 178 g/mol. The van der Waals surface area contributed by atoms with Crippen molar-refractivity contribution in [3.8, 4) is 11.5 Å². The Morgan fingerprint density at radius 1 is 1.43 bits per heavy atom. The number of benzene rings is 1. The molecule has 14 heavy (non-hydrogen) atoms. The molecule has 3 N–H and O–H groups in total. The smallest absolute Gasteiger partial charge is 0.122 e. The molecule has 0 aromatic heterocycles. The fourth-order valence-electron chi connectivity index (χ4n) is 1.33. The second-order valence-electron chi connectivity index (χ2n) is 3.97. The average molecular weight is 195 g/mol. The Labute approximate surface area is 84.5 Å². The lowest BCUT2D eigenvalue weighted by Gasteiger charge is -2.25. The maximum atomic E-state index is 9.40. The third-order valence-electron chi connectivity index (χ3n) is 2.42. The first-order valence-corrected chi connectivity index (χ1v) is 4.59. The third-order valence-corrected chi connectivity index (χ3v) is 2.42. The van der Waals surface area contributed by atoms with E-state index < -0.39 is 0 Å². The molecule has 3 heteroatoms. The van der Waals surface area contributed by atoms with Gasteiger partial charge in [-0.3, -0.25) is 0 Å². The second kappa shape index (κ2) is 3.88. The van der Waals surface area contributed by atoms with Crippen LogP contribution in [0.25, 0.3) is 0 Å². The summed E-state index contributed by atoms with van der Waals surface area (Å²) in [5.41, 5.74) is 6.42. The summed E-state index contributed by atoms with van der Waals surface area (Å²) in [4.78, 5) is 0. The average Bonchev–Trinajstić information content (AvgIpc) is 2.18. The molecule has 0 aliphatic rings. The van der Waals surface area contributed by atoms with Crippen LogP contribution in [0.4, 0.5) is 0 Å². The molecule has 1 aromatic carbocycles. The predicted molar refractivity (Wildman–Crippen MR) is 56.7 cm³/mol. The lowest BCUT2D eigenvalue weighted by atomic mass is 9.84. The normalized spacial score (nSPS) is 11.4. The number of ether oxygens (including phenoxy) is 1. The second-order valence-corrected chi connectivity index (χ2v) is 3.97. The molecule has 3 nitrogen and oxygen atoms in total. The van der Waals surface area contributed by atoms with Gasteiger partial charge < -0.3 is 15.6 Å². The minimum Gasteiger partial charge on any atom is -0.508 e. The Morgan fingerprint density at radius 3 is 2.57 bits per heavy atom. The van der Waals surface area contributed by atoms with E-state index in [2.05, 4.69) is 0 Å². The minimum atomic E-state index is -0.190. The SMILES string of the molecule is COc1ccc(O)cc1C(C)(C)CN. The van der Waals surface area contributed by atoms with Crippen LogP contribution in [0.5, 0.6) is 11.5 Å². The van der Waals surface area contributed by atoms with Crippen molar-refractivity contribution in [3.05, 3.63) is 23.8 Å². The van der Waals surface area contributed by atoms with Crippen LogP contribution in [0.1, 0.15) is 19.4 Å². The molecule has 0 bridgehead atoms. The molecule has 0 fully saturated rings. The van der Waals surface area contributed by atoms with Crippen LogP contribution in [-0.4, -0.2) is 18.8 Å². The fraction of sp³-hybridized carbons (Fsp3) is 0.455. The number of phenolic OH excluding ortho intramolecular Hbond substituents is 1. The lowest BCUT2D eigenvalue weighted by Crippen LogP contribution is -2.28. The summed E-state index contributed by atoms with van der Waals surface area (Å²) < 4.78 is 5.22. The molecule has 0 saturated carbocycles. The number of hydrogen-bond acceptors (Lipinski definition) is 3. The Bertz CT molecular complexity index is 321. The van der Waals surface area contributed by atoms with E-state index in [1.54, 1.807) is 25.3 Å². The minimum absolute atomic E-state index is 0.190. The Kier molecular flexibility index (Phi) is 3.01. The number of nitrogens with two attached hydrogens (primary N) is 1. The zero-order valence-electron chi connectivity index (χ0n) is 8.87. The molecule has 0 unspecified atom stereocenters. The maximum Gasteiger partial charge on any atom is 0.122 e. The van der Waals surface area contributed by atoms with Gasteiger partial charge in [-0.25, -0.2) is 0 Å². The molecule has 0 aliphatic carbocycles. The molecule has 0 radical (unpaired) electrons. The Hall–Kier alpha value is -1.22. The van der Waals surface area contributed by atoms with E-state index in [0.717, 1.165) is 11.3 Å². The van der Waals surface area contributed by atoms with Crippen LogP contribution >= 0.6 is 0 Å². The van der Waals surface area contributed by atoms with Crippen molar-refractivity contribution in [2.45, 2.75) is 19.3 Å². The molecule has 0 aliphatic heterocycles. The van der Waals surface area contributed by atoms with Crippen molar-refractivity contribution in [1.29, 1.82) is 0 Å². The van der Waals surface area contributed by atoms with Gasteiger partial charge in [0.15, 0.2) is 0 Å². The van der Waals surface area contributed by atoms with Crippen LogP contribution in [0.3, 0.4) is 0 Å². The van der Waals surface area contributed by atoms with E-state index >= 15 is 0 Å². The molecule has 0 spiro atoms. The number of phenols is 1. The van der Waals surface area contributed by atoms with Gasteiger partial charge in [0.2, 0.25) is 0 Å². The molecule has 0 amide bonds. The summed E-state index contributed by atoms with van der Waals surface area (Å²) in [6.45, 7) is 4.54. The van der Waals surface area contributed by atoms with Gasteiger partial charge in [0.1, 0.15) is 11.5 Å². The first-order chi connectivity index (χ1) is 6.51. The largest absolute Gasteiger partial charge is 0.508 e. The van der Waals surface area contributed by atoms with Gasteiger partial charge in [0.25, 0.3) is 0 Å². The van der Waals surface area contributed by atoms with Crippen molar-refractivity contribution in [1.82, 2.24) is 0 Å². The molecule has 0 saturated heterocycles. The quantitative estimate of drug-likeness (QED) is 0.770. The zero-order chi connectivity index (χ0) is 10.8. The highest BCUT2D eigenvalue weighted by Gasteiger charge is 2.23. The van der Waals surface area contributed by atoms with Crippen molar-refractivity contribution >= 4 is 0 Å². The van der Waals surface area contributed by atoms with Gasteiger partial charge in [-0.15, -0.1) is 0 Å². The molecular formula is C11H17NO2. The fourth-order valence-corrected chi connectivity index (χ4v) is 1.33. The van der Waals surface area contributed by atoms with Crippen molar-refractivity contribution in [2.75, 3.05) is 13.7 Å². The summed E-state index contributed by atoms with van der Waals surface area (Å²) in [7, 11) is 1.61. The van der Waals surface area contributed by atoms with Gasteiger partial charge in [-0.2, -0.15) is 0 Å². The first kappa shape index (κ1) is 10.9. The summed E-state index contributed by atoms with van der Waals surface area (Å²) in [5.74, 6) is 1.00. The number of methoxy groups -OCH3 is 1. The Morgan fingerprint density at radius 2 is 2.07 bits per heavy atom. The summed E-state index contributed by atoms with van der Waals surface area (Å²) in [5, 5.41) is 9.40. The standard InChI is InChI=1S/C11H17NO2/c1-11(2,7-12)9-6-8(13)4-5-10(9)14-3/h4-6,13H,7,12H2,1-3H3. The predicted octanol–water partition coefficient (Wildman–Crippen LogP) is 1.64. The van der Waals surface area contributed by atoms with Crippen molar-refractivity contribution < 1.29 is 9.84 Å². The number of rotatable bonds is 3. The number of hydrogen-bond donors (Lipinski definition) is 2. The van der Waals surface area contributed by atoms with E-state index in [4.69, 9.17) is 10.5 Å². The van der Waals surface area contributed by atoms with Crippen LogP contribution in [0, 0.1) is 0 Å². The molecule has 1 rings (SSSR count). The van der Waals surface area contributed by atoms with Crippen LogP contribution < -0.4 is 10.5 Å². The van der Waals surface area contributed by atoms with Gasteiger partial charge in [0, 0.05) is 17.5 Å². The summed E-state index contributed by atoms with van der Waals surface area (Å²) in [6, 6.07) is 5.06. The zero-order valence-corrected chi connectivity index (χ0v) is 8.87. The molecule has 0 atom stereocenters. The maximum absolute atomic E-state index is 9.40. The van der Waals surface area contributed by atoms with E-state index in [1.165, 1.54) is 0 Å². The number of aromatic hydroxyl groups is 1. The highest BCUT2D eigenvalue weighted by Crippen LogP contribution is 2.33. The topological polar surface area (TPSA) is 55.5 Å². The van der Waals surface area contributed by atoms with E-state index in [0.29, 0.717) is 6.54 Å². The van der Waals surface area contributed by atoms with Crippen LogP contribution in [0.15, 0.2) is 18.2 Å². The van der Waals surface area contributed by atoms with Gasteiger partial charge in [-0.1, -0.05) is 13.8 Å². The molecule has 0 heterocycles. The van der Waals surface area contributed by atoms with E-state index in [1.807, 2.05) is 13.8 Å².